The SMILES string of the molecule is CC(Nc1ccc(OCc2ccccc2)cc1)C(=O)Nc1ccc(N2CCOCC2)cc1. The molecule has 0 bridgehead atoms. The zero-order valence-corrected chi connectivity index (χ0v) is 18.3. The average Bonchev–Trinajstić information content (AvgIpc) is 2.85. The van der Waals surface area contributed by atoms with Gasteiger partial charge in [-0.25, -0.2) is 0 Å². The van der Waals surface area contributed by atoms with Crippen molar-refractivity contribution < 1.29 is 14.3 Å². The summed E-state index contributed by atoms with van der Waals surface area (Å²) in [5.74, 6) is 0.699. The van der Waals surface area contributed by atoms with Crippen molar-refractivity contribution >= 4 is 23.0 Å². The fourth-order valence-electron chi connectivity index (χ4n) is 3.53. The van der Waals surface area contributed by atoms with E-state index >= 15 is 0 Å². The molecule has 1 saturated heterocycles. The lowest BCUT2D eigenvalue weighted by molar-refractivity contribution is -0.116. The van der Waals surface area contributed by atoms with Gasteiger partial charge in [0.25, 0.3) is 0 Å². The maximum atomic E-state index is 12.6. The Balaban J connectivity index is 1.25. The van der Waals surface area contributed by atoms with E-state index in [-0.39, 0.29) is 11.9 Å². The smallest absolute Gasteiger partial charge is 0.246 e. The first-order valence-corrected chi connectivity index (χ1v) is 10.9. The van der Waals surface area contributed by atoms with Crippen molar-refractivity contribution in [2.75, 3.05) is 41.8 Å². The van der Waals surface area contributed by atoms with Crippen LogP contribution in [-0.2, 0) is 16.1 Å². The number of nitrogens with zero attached hydrogens (tertiary/aromatic N) is 1. The van der Waals surface area contributed by atoms with Gasteiger partial charge in [0.1, 0.15) is 18.4 Å². The Morgan fingerprint density at radius 2 is 1.59 bits per heavy atom. The molecular weight excluding hydrogens is 402 g/mol. The predicted molar refractivity (Wildman–Crippen MR) is 128 cm³/mol. The Hall–Kier alpha value is -3.51. The van der Waals surface area contributed by atoms with Crippen LogP contribution in [0.4, 0.5) is 17.1 Å². The number of carbonyl (C=O) groups is 1. The van der Waals surface area contributed by atoms with Gasteiger partial charge in [-0.1, -0.05) is 30.3 Å². The molecule has 1 fully saturated rings. The molecule has 0 radical (unpaired) electrons. The standard InChI is InChI=1S/C26H29N3O3/c1-20(26(30)28-23-7-11-24(12-8-23)29-15-17-31-18-16-29)27-22-9-13-25(14-10-22)32-19-21-5-3-2-4-6-21/h2-14,20,27H,15-19H2,1H3,(H,28,30). The van der Waals surface area contributed by atoms with E-state index in [1.165, 1.54) is 0 Å². The summed E-state index contributed by atoms with van der Waals surface area (Å²) in [6.07, 6.45) is 0. The van der Waals surface area contributed by atoms with Crippen LogP contribution < -0.4 is 20.3 Å². The van der Waals surface area contributed by atoms with Crippen LogP contribution >= 0.6 is 0 Å². The van der Waals surface area contributed by atoms with Crippen LogP contribution in [0.5, 0.6) is 5.75 Å². The van der Waals surface area contributed by atoms with Gasteiger partial charge in [-0.2, -0.15) is 0 Å². The predicted octanol–water partition coefficient (Wildman–Crippen LogP) is 4.54. The summed E-state index contributed by atoms with van der Waals surface area (Å²) < 4.78 is 11.2. The number of rotatable bonds is 8. The molecule has 3 aromatic carbocycles. The molecule has 166 valence electrons. The summed E-state index contributed by atoms with van der Waals surface area (Å²) >= 11 is 0. The van der Waals surface area contributed by atoms with Gasteiger partial charge in [-0.15, -0.1) is 0 Å². The minimum Gasteiger partial charge on any atom is -0.489 e. The van der Waals surface area contributed by atoms with E-state index in [2.05, 4.69) is 15.5 Å². The number of carbonyl (C=O) groups excluding carboxylic acids is 1. The number of hydrogen-bond acceptors (Lipinski definition) is 5. The lowest BCUT2D eigenvalue weighted by Crippen LogP contribution is -2.36. The minimum absolute atomic E-state index is 0.0893. The Kier molecular flexibility index (Phi) is 7.25. The topological polar surface area (TPSA) is 62.8 Å². The quantitative estimate of drug-likeness (QED) is 0.548. The van der Waals surface area contributed by atoms with Crippen molar-refractivity contribution in [2.45, 2.75) is 19.6 Å². The Morgan fingerprint density at radius 1 is 0.938 bits per heavy atom. The molecule has 3 aromatic rings. The highest BCUT2D eigenvalue weighted by Crippen LogP contribution is 2.20. The largest absolute Gasteiger partial charge is 0.489 e. The molecule has 6 heteroatoms. The molecular formula is C26H29N3O3. The van der Waals surface area contributed by atoms with E-state index in [4.69, 9.17) is 9.47 Å². The van der Waals surface area contributed by atoms with Gasteiger partial charge in [0.05, 0.1) is 13.2 Å². The summed E-state index contributed by atoms with van der Waals surface area (Å²) in [7, 11) is 0. The zero-order valence-electron chi connectivity index (χ0n) is 18.3. The first kappa shape index (κ1) is 21.7. The van der Waals surface area contributed by atoms with Gasteiger partial charge < -0.3 is 25.0 Å². The Morgan fingerprint density at radius 3 is 2.28 bits per heavy atom. The molecule has 1 atom stereocenters. The van der Waals surface area contributed by atoms with E-state index in [0.717, 1.165) is 54.7 Å². The molecule has 0 spiro atoms. The van der Waals surface area contributed by atoms with Crippen LogP contribution in [0.15, 0.2) is 78.9 Å². The van der Waals surface area contributed by atoms with E-state index in [0.29, 0.717) is 6.61 Å². The molecule has 4 rings (SSSR count). The molecule has 1 amide bonds. The number of ether oxygens (including phenoxy) is 2. The first-order chi connectivity index (χ1) is 15.7. The van der Waals surface area contributed by atoms with E-state index in [9.17, 15) is 4.79 Å². The number of anilines is 3. The van der Waals surface area contributed by atoms with Crippen LogP contribution in [0.1, 0.15) is 12.5 Å². The molecule has 0 saturated carbocycles. The van der Waals surface area contributed by atoms with Gasteiger partial charge in [0.15, 0.2) is 0 Å². The maximum Gasteiger partial charge on any atom is 0.246 e. The molecule has 1 heterocycles. The number of hydrogen-bond donors (Lipinski definition) is 2. The molecule has 1 unspecified atom stereocenters. The molecule has 0 aromatic heterocycles. The van der Waals surface area contributed by atoms with E-state index in [1.54, 1.807) is 0 Å². The van der Waals surface area contributed by atoms with Crippen molar-refractivity contribution in [3.63, 3.8) is 0 Å². The zero-order chi connectivity index (χ0) is 22.2. The van der Waals surface area contributed by atoms with Crippen molar-refractivity contribution in [3.05, 3.63) is 84.4 Å². The molecule has 2 N–H and O–H groups in total. The monoisotopic (exact) mass is 431 g/mol. The van der Waals surface area contributed by atoms with Gasteiger partial charge in [0, 0.05) is 30.2 Å². The van der Waals surface area contributed by atoms with E-state index in [1.807, 2.05) is 85.8 Å². The summed E-state index contributed by atoms with van der Waals surface area (Å²) in [5, 5.41) is 6.21. The highest BCUT2D eigenvalue weighted by Gasteiger charge is 2.14. The van der Waals surface area contributed by atoms with Gasteiger partial charge in [0.2, 0.25) is 5.91 Å². The summed E-state index contributed by atoms with van der Waals surface area (Å²) in [6.45, 7) is 5.66. The molecule has 6 nitrogen and oxygen atoms in total. The second-order valence-corrected chi connectivity index (χ2v) is 7.80. The molecule has 0 aliphatic carbocycles. The number of benzene rings is 3. The second-order valence-electron chi connectivity index (χ2n) is 7.80. The Labute approximate surface area is 189 Å². The van der Waals surface area contributed by atoms with Crippen molar-refractivity contribution in [1.29, 1.82) is 0 Å². The molecule has 32 heavy (non-hydrogen) atoms. The van der Waals surface area contributed by atoms with Crippen LogP contribution in [0.25, 0.3) is 0 Å². The number of amides is 1. The lowest BCUT2D eigenvalue weighted by Gasteiger charge is -2.29. The van der Waals surface area contributed by atoms with Crippen LogP contribution in [0.3, 0.4) is 0 Å². The maximum absolute atomic E-state index is 12.6. The number of nitrogens with one attached hydrogen (secondary N) is 2. The van der Waals surface area contributed by atoms with Gasteiger partial charge in [-0.3, -0.25) is 4.79 Å². The first-order valence-electron chi connectivity index (χ1n) is 10.9. The van der Waals surface area contributed by atoms with Gasteiger partial charge in [-0.05, 0) is 61.0 Å². The van der Waals surface area contributed by atoms with Crippen molar-refractivity contribution in [2.24, 2.45) is 0 Å². The fourth-order valence-corrected chi connectivity index (χ4v) is 3.53. The summed E-state index contributed by atoms with van der Waals surface area (Å²) in [4.78, 5) is 14.9. The van der Waals surface area contributed by atoms with E-state index < -0.39 is 0 Å². The summed E-state index contributed by atoms with van der Waals surface area (Å²) in [5.41, 5.74) is 3.91. The van der Waals surface area contributed by atoms with Crippen molar-refractivity contribution in [1.82, 2.24) is 0 Å². The fraction of sp³-hybridized carbons (Fsp3) is 0.269. The summed E-state index contributed by atoms with van der Waals surface area (Å²) in [6, 6.07) is 25.3. The molecule has 1 aliphatic rings. The third-order valence-corrected chi connectivity index (χ3v) is 5.39. The molecule has 1 aliphatic heterocycles. The van der Waals surface area contributed by atoms with Crippen LogP contribution in [0.2, 0.25) is 0 Å². The normalized spacial score (nSPS) is 14.5. The second kappa shape index (κ2) is 10.7. The minimum atomic E-state index is -0.384. The Bertz CT molecular complexity index is 985. The third kappa shape index (κ3) is 6.02. The number of morpholine rings is 1. The lowest BCUT2D eigenvalue weighted by atomic mass is 10.2. The third-order valence-electron chi connectivity index (χ3n) is 5.39. The highest BCUT2D eigenvalue weighted by atomic mass is 16.5. The van der Waals surface area contributed by atoms with Crippen LogP contribution in [-0.4, -0.2) is 38.3 Å². The van der Waals surface area contributed by atoms with Gasteiger partial charge >= 0.3 is 0 Å². The average molecular weight is 432 g/mol. The highest BCUT2D eigenvalue weighted by molar-refractivity contribution is 5.96. The van der Waals surface area contributed by atoms with Crippen LogP contribution in [0, 0.1) is 0 Å². The van der Waals surface area contributed by atoms with Crippen molar-refractivity contribution in [3.8, 4) is 5.75 Å².